The summed E-state index contributed by atoms with van der Waals surface area (Å²) < 4.78 is 23.7. The molecule has 0 spiro atoms. The molecule has 2 aromatic carbocycles. The quantitative estimate of drug-likeness (QED) is 0.143. The summed E-state index contributed by atoms with van der Waals surface area (Å²) in [6.45, 7) is 15.4. The Hall–Kier alpha value is -4.67. The number of Topliss-reactive ketones (excluding diaryl/α,β-unsaturated/α-hetero) is 1. The lowest BCUT2D eigenvalue weighted by molar-refractivity contribution is -0.160. The molecular formula is C43H59N3O12. The summed E-state index contributed by atoms with van der Waals surface area (Å²) in [6.07, 6.45) is 3.73. The molecular weight excluding hydrogens is 750 g/mol. The van der Waals surface area contributed by atoms with Crippen LogP contribution in [0.1, 0.15) is 70.0 Å². The molecule has 4 aliphatic rings. The van der Waals surface area contributed by atoms with Crippen LogP contribution in [0.2, 0.25) is 0 Å². The molecule has 0 radical (unpaired) electrons. The summed E-state index contributed by atoms with van der Waals surface area (Å²) in [5.41, 5.74) is 0.176. The number of allylic oxidation sites excluding steroid dienone is 2. The average Bonchev–Trinajstić information content (AvgIpc) is 3.45. The van der Waals surface area contributed by atoms with Crippen LogP contribution in [0.4, 0.5) is 5.69 Å². The van der Waals surface area contributed by atoms with Crippen LogP contribution in [-0.2, 0) is 30.3 Å². The van der Waals surface area contributed by atoms with Crippen LogP contribution in [0, 0.1) is 30.6 Å². The third-order valence-corrected chi connectivity index (χ3v) is 12.1. The zero-order valence-corrected chi connectivity index (χ0v) is 35.0. The number of aromatic hydroxyl groups is 3. The summed E-state index contributed by atoms with van der Waals surface area (Å²) in [6, 6.07) is 0. The minimum absolute atomic E-state index is 0.0565. The van der Waals surface area contributed by atoms with Crippen LogP contribution < -0.4 is 10.1 Å². The molecule has 15 heteroatoms. The highest BCUT2D eigenvalue weighted by Crippen LogP contribution is 2.55. The summed E-state index contributed by atoms with van der Waals surface area (Å²) in [5.74, 6) is -7.86. The van der Waals surface area contributed by atoms with E-state index in [4.69, 9.17) is 18.9 Å². The van der Waals surface area contributed by atoms with Gasteiger partial charge < -0.3 is 54.7 Å². The van der Waals surface area contributed by atoms with Gasteiger partial charge in [0.05, 0.1) is 41.2 Å². The van der Waals surface area contributed by atoms with Gasteiger partial charge in [-0.25, -0.2) is 0 Å². The number of fused-ring (bicyclic) bond motifs is 14. The fourth-order valence-corrected chi connectivity index (χ4v) is 8.17. The molecule has 5 bridgehead atoms. The Morgan fingerprint density at radius 3 is 2.21 bits per heavy atom. The largest absolute Gasteiger partial charge is 0.507 e. The van der Waals surface area contributed by atoms with Gasteiger partial charge in [-0.2, -0.15) is 0 Å². The predicted octanol–water partition coefficient (Wildman–Crippen LogP) is 4.50. The second-order valence-corrected chi connectivity index (χ2v) is 16.3. The van der Waals surface area contributed by atoms with E-state index in [9.17, 15) is 39.9 Å². The van der Waals surface area contributed by atoms with E-state index in [0.717, 1.165) is 13.1 Å². The third kappa shape index (κ3) is 8.55. The number of aliphatic hydroxyl groups is 2. The standard InChI is InChI=1S/C43H59N3O12/c1-21-12-11-13-22(2)42(54)44-33-28(20-46-17-15-45(9)16-18-46)37(51)30-31(38(33)52)36(50)26(6)40-32(30)41(53)43(8,58-40)56-19-14-29(55-10)23(3)39(57-27(7)47)25(5)35(49)24(4)34(21)48/h11-14,19,21,23-25,29,34-35,39,48-52H,15-18,20H2,1-10H3,(H,44,54)/b12-11-,19-14?,22-13-/t21-,23+,24?,25?,29-,34-,35+,39+,43-/m0/s1. The second-order valence-electron chi connectivity index (χ2n) is 16.3. The smallest absolute Gasteiger partial charge is 0.312 e. The van der Waals surface area contributed by atoms with Crippen LogP contribution >= 0.6 is 0 Å². The van der Waals surface area contributed by atoms with Crippen LogP contribution in [0.5, 0.6) is 23.0 Å². The summed E-state index contributed by atoms with van der Waals surface area (Å²) >= 11 is 0. The lowest BCUT2D eigenvalue weighted by atomic mass is 9.78. The molecule has 6 rings (SSSR count). The molecule has 9 atom stereocenters. The van der Waals surface area contributed by atoms with E-state index >= 15 is 0 Å². The Morgan fingerprint density at radius 1 is 0.931 bits per heavy atom. The summed E-state index contributed by atoms with van der Waals surface area (Å²) in [5, 5.41) is 60.9. The van der Waals surface area contributed by atoms with Crippen LogP contribution in [-0.4, -0.2) is 124 Å². The number of phenols is 3. The monoisotopic (exact) mass is 809 g/mol. The van der Waals surface area contributed by atoms with Gasteiger partial charge in [0.2, 0.25) is 0 Å². The Morgan fingerprint density at radius 2 is 1.59 bits per heavy atom. The number of hydrogen-bond acceptors (Lipinski definition) is 14. The molecule has 0 aromatic heterocycles. The van der Waals surface area contributed by atoms with Crippen molar-refractivity contribution in [3.8, 4) is 23.0 Å². The number of piperazine rings is 1. The molecule has 4 aliphatic heterocycles. The Kier molecular flexibility index (Phi) is 13.5. The number of phenolic OH excluding ortho intramolecular Hbond substituents is 3. The zero-order chi connectivity index (χ0) is 43.0. The predicted molar refractivity (Wildman–Crippen MR) is 217 cm³/mol. The average molecular weight is 810 g/mol. The van der Waals surface area contributed by atoms with Crippen molar-refractivity contribution in [1.29, 1.82) is 0 Å². The van der Waals surface area contributed by atoms with E-state index in [1.54, 1.807) is 46.8 Å². The van der Waals surface area contributed by atoms with Gasteiger partial charge in [-0.15, -0.1) is 0 Å². The zero-order valence-electron chi connectivity index (χ0n) is 35.0. The number of hydrogen-bond donors (Lipinski definition) is 6. The Balaban J connectivity index is 1.70. The van der Waals surface area contributed by atoms with Gasteiger partial charge in [-0.1, -0.05) is 45.9 Å². The number of rotatable bonds is 4. The van der Waals surface area contributed by atoms with Crippen molar-refractivity contribution in [2.45, 2.75) is 92.1 Å². The van der Waals surface area contributed by atoms with E-state index in [1.807, 2.05) is 11.9 Å². The number of ketones is 1. The number of anilines is 1. The first-order valence-corrected chi connectivity index (χ1v) is 19.7. The molecule has 318 valence electrons. The molecule has 15 nitrogen and oxygen atoms in total. The maximum atomic E-state index is 14.4. The highest BCUT2D eigenvalue weighted by Gasteiger charge is 2.50. The molecule has 2 aromatic rings. The number of likely N-dealkylation sites (N-methyl/N-ethyl adjacent to an activating group) is 1. The number of carbonyl (C=O) groups excluding carboxylic acids is 3. The first-order chi connectivity index (χ1) is 27.2. The minimum Gasteiger partial charge on any atom is -0.507 e. The minimum atomic E-state index is -2.01. The lowest BCUT2D eigenvalue weighted by Gasteiger charge is -2.38. The molecule has 58 heavy (non-hydrogen) atoms. The first kappa shape index (κ1) is 44.4. The van der Waals surface area contributed by atoms with E-state index in [1.165, 1.54) is 46.3 Å². The molecule has 6 N–H and O–H groups in total. The highest BCUT2D eigenvalue weighted by molar-refractivity contribution is 6.22. The van der Waals surface area contributed by atoms with Crippen LogP contribution in [0.15, 0.2) is 36.1 Å². The van der Waals surface area contributed by atoms with Crippen molar-refractivity contribution in [3.05, 3.63) is 52.8 Å². The van der Waals surface area contributed by atoms with Crippen molar-refractivity contribution >= 4 is 34.1 Å². The van der Waals surface area contributed by atoms with Gasteiger partial charge in [0.25, 0.3) is 11.7 Å². The molecule has 1 fully saturated rings. The molecule has 0 saturated carbocycles. The van der Waals surface area contributed by atoms with Crippen LogP contribution in [0.3, 0.4) is 0 Å². The van der Waals surface area contributed by atoms with E-state index < -0.39 is 88.8 Å². The van der Waals surface area contributed by atoms with Gasteiger partial charge in [-0.05, 0) is 27.0 Å². The maximum Gasteiger partial charge on any atom is 0.312 e. The van der Waals surface area contributed by atoms with Crippen molar-refractivity contribution in [1.82, 2.24) is 9.80 Å². The fourth-order valence-electron chi connectivity index (χ4n) is 8.17. The molecule has 1 amide bonds. The van der Waals surface area contributed by atoms with Crippen molar-refractivity contribution < 1.29 is 58.9 Å². The van der Waals surface area contributed by atoms with Gasteiger partial charge >= 0.3 is 11.8 Å². The van der Waals surface area contributed by atoms with Crippen molar-refractivity contribution in [3.63, 3.8) is 0 Å². The van der Waals surface area contributed by atoms with Gasteiger partial charge in [0.1, 0.15) is 23.4 Å². The number of ether oxygens (including phenoxy) is 4. The topological polar surface area (TPSA) is 208 Å². The van der Waals surface area contributed by atoms with Crippen molar-refractivity contribution in [2.24, 2.45) is 23.7 Å². The van der Waals surface area contributed by atoms with Crippen molar-refractivity contribution in [2.75, 3.05) is 45.7 Å². The molecule has 0 aliphatic carbocycles. The Labute approximate surface area is 339 Å². The molecule has 1 saturated heterocycles. The van der Waals surface area contributed by atoms with E-state index in [2.05, 4.69) is 10.2 Å². The van der Waals surface area contributed by atoms with Crippen LogP contribution in [0.25, 0.3) is 10.8 Å². The SMILES string of the molecule is CO[C@H]1C=CO[C@@]2(C)Oc3c(C)c(O)c4c(O)c(c(CN5CCN(C)CC5)c(O)c4c3C2=O)NC(=O)/C(C)=C\C=C/[C@H](C)[C@H](O)C(C)[C@@H](O)C(C)[C@H](OC(C)=O)[C@@H]1C. The first-order valence-electron chi connectivity index (χ1n) is 19.7. The van der Waals surface area contributed by atoms with Gasteiger partial charge in [0.15, 0.2) is 5.75 Å². The van der Waals surface area contributed by atoms with E-state index in [0.29, 0.717) is 13.1 Å². The summed E-state index contributed by atoms with van der Waals surface area (Å²) in [4.78, 5) is 44.7. The number of nitrogens with zero attached hydrogens (tertiary/aromatic N) is 2. The molecule has 4 heterocycles. The normalized spacial score (nSPS) is 32.0. The fraction of sp³-hybridized carbons (Fsp3) is 0.558. The maximum absolute atomic E-state index is 14.4. The third-order valence-electron chi connectivity index (χ3n) is 12.1. The number of carbonyl (C=O) groups is 3. The number of amides is 1. The van der Waals surface area contributed by atoms with E-state index in [-0.39, 0.29) is 51.0 Å². The number of benzene rings is 2. The Bertz CT molecular complexity index is 2000. The number of methoxy groups -OCH3 is 1. The lowest BCUT2D eigenvalue weighted by Crippen LogP contribution is -2.46. The number of aliphatic hydroxyl groups excluding tert-OH is 2. The second kappa shape index (κ2) is 17.7. The number of esters is 1. The number of nitrogens with one attached hydrogen (secondary N) is 1. The molecule has 2 unspecified atom stereocenters. The van der Waals surface area contributed by atoms with Gasteiger partial charge in [-0.3, -0.25) is 19.3 Å². The van der Waals surface area contributed by atoms with Gasteiger partial charge in [0, 0.05) is 99.4 Å². The highest BCUT2D eigenvalue weighted by atomic mass is 16.7. The summed E-state index contributed by atoms with van der Waals surface area (Å²) in [7, 11) is 3.44.